The Morgan fingerprint density at radius 2 is 2.05 bits per heavy atom. The highest BCUT2D eigenvalue weighted by molar-refractivity contribution is 6.31. The number of halogens is 1. The van der Waals surface area contributed by atoms with E-state index in [2.05, 4.69) is 0 Å². The molecule has 0 fully saturated rings. The minimum atomic E-state index is -1.10. The molecule has 8 heteroatoms. The van der Waals surface area contributed by atoms with E-state index in [1.807, 2.05) is 0 Å². The molecule has 0 unspecified atom stereocenters. The Balaban J connectivity index is 2.91. The number of nitro benzene ring substituents is 1. The van der Waals surface area contributed by atoms with Gasteiger partial charge in [0.05, 0.1) is 16.4 Å². The van der Waals surface area contributed by atoms with Crippen molar-refractivity contribution in [3.63, 3.8) is 0 Å². The predicted octanol–water partition coefficient (Wildman–Crippen LogP) is 2.11. The van der Waals surface area contributed by atoms with Crippen LogP contribution >= 0.6 is 11.6 Å². The molecule has 0 bridgehead atoms. The van der Waals surface area contributed by atoms with Gasteiger partial charge in [-0.2, -0.15) is 0 Å². The van der Waals surface area contributed by atoms with E-state index in [-0.39, 0.29) is 23.2 Å². The molecule has 7 nitrogen and oxygen atoms in total. The number of hydrogen-bond donors (Lipinski definition) is 1. The number of aliphatic carboxylic acids is 1. The van der Waals surface area contributed by atoms with E-state index in [1.54, 1.807) is 13.8 Å². The third kappa shape index (κ3) is 4.71. The molecule has 0 aliphatic carbocycles. The summed E-state index contributed by atoms with van der Waals surface area (Å²) in [5, 5.41) is 19.5. The summed E-state index contributed by atoms with van der Waals surface area (Å²) in [6.07, 6.45) is -0.109. The van der Waals surface area contributed by atoms with Crippen LogP contribution in [0.15, 0.2) is 18.2 Å². The molecule has 0 heterocycles. The maximum absolute atomic E-state index is 12.1. The van der Waals surface area contributed by atoms with Gasteiger partial charge in [-0.3, -0.25) is 19.7 Å². The lowest BCUT2D eigenvalue weighted by atomic mass is 10.1. The van der Waals surface area contributed by atoms with Crippen molar-refractivity contribution >= 4 is 29.2 Å². The number of nitro groups is 1. The highest BCUT2D eigenvalue weighted by Crippen LogP contribution is 2.23. The van der Waals surface area contributed by atoms with Crippen LogP contribution in [0.1, 0.15) is 19.4 Å². The van der Waals surface area contributed by atoms with Crippen LogP contribution < -0.4 is 0 Å². The lowest BCUT2D eigenvalue weighted by molar-refractivity contribution is -0.384. The Kier molecular flexibility index (Phi) is 5.66. The molecule has 0 aliphatic rings. The van der Waals surface area contributed by atoms with Gasteiger partial charge in [-0.1, -0.05) is 17.7 Å². The number of carbonyl (C=O) groups is 2. The van der Waals surface area contributed by atoms with Gasteiger partial charge >= 0.3 is 5.97 Å². The molecule has 0 spiro atoms. The Hall–Kier alpha value is -2.15. The Morgan fingerprint density at radius 3 is 2.48 bits per heavy atom. The van der Waals surface area contributed by atoms with Gasteiger partial charge in [0.2, 0.25) is 5.91 Å². The topological polar surface area (TPSA) is 101 Å². The molecule has 0 radical (unpaired) electrons. The number of benzene rings is 1. The summed E-state index contributed by atoms with van der Waals surface area (Å²) in [6, 6.07) is 3.55. The fourth-order valence-electron chi connectivity index (χ4n) is 1.76. The first kappa shape index (κ1) is 16.9. The zero-order valence-electron chi connectivity index (χ0n) is 11.6. The van der Waals surface area contributed by atoms with Gasteiger partial charge in [0.1, 0.15) is 6.54 Å². The summed E-state index contributed by atoms with van der Waals surface area (Å²) >= 11 is 5.92. The number of carboxylic acids is 1. The van der Waals surface area contributed by atoms with Crippen LogP contribution in [0.25, 0.3) is 0 Å². The van der Waals surface area contributed by atoms with Crippen molar-refractivity contribution in [2.24, 2.45) is 0 Å². The van der Waals surface area contributed by atoms with E-state index in [0.29, 0.717) is 5.56 Å². The molecule has 1 N–H and O–H groups in total. The Bertz CT molecular complexity index is 574. The minimum Gasteiger partial charge on any atom is -0.480 e. The summed E-state index contributed by atoms with van der Waals surface area (Å²) in [6.45, 7) is 3.01. The predicted molar refractivity (Wildman–Crippen MR) is 76.3 cm³/mol. The zero-order chi connectivity index (χ0) is 16.2. The highest BCUT2D eigenvalue weighted by Gasteiger charge is 2.21. The molecule has 21 heavy (non-hydrogen) atoms. The molecule has 0 saturated carbocycles. The molecule has 0 aromatic heterocycles. The van der Waals surface area contributed by atoms with E-state index >= 15 is 0 Å². The van der Waals surface area contributed by atoms with Crippen molar-refractivity contribution in [3.05, 3.63) is 38.9 Å². The maximum atomic E-state index is 12.1. The van der Waals surface area contributed by atoms with Crippen LogP contribution in [-0.4, -0.2) is 39.4 Å². The number of hydrogen-bond acceptors (Lipinski definition) is 4. The summed E-state index contributed by atoms with van der Waals surface area (Å²) in [7, 11) is 0. The summed E-state index contributed by atoms with van der Waals surface area (Å²) in [4.78, 5) is 34.1. The minimum absolute atomic E-state index is 0.108. The van der Waals surface area contributed by atoms with Crippen molar-refractivity contribution in [1.29, 1.82) is 0 Å². The van der Waals surface area contributed by atoms with Gasteiger partial charge in [0, 0.05) is 18.2 Å². The van der Waals surface area contributed by atoms with Gasteiger partial charge in [-0.25, -0.2) is 0 Å². The van der Waals surface area contributed by atoms with Crippen LogP contribution in [0.4, 0.5) is 5.69 Å². The van der Waals surface area contributed by atoms with Crippen LogP contribution in [0.5, 0.6) is 0 Å². The second kappa shape index (κ2) is 7.03. The van der Waals surface area contributed by atoms with E-state index in [9.17, 15) is 19.7 Å². The largest absolute Gasteiger partial charge is 0.480 e. The second-order valence-electron chi connectivity index (χ2n) is 4.72. The third-order valence-corrected chi connectivity index (χ3v) is 3.19. The molecule has 1 aromatic carbocycles. The molecular formula is C13H15ClN2O5. The lowest BCUT2D eigenvalue weighted by Crippen LogP contribution is -2.41. The molecule has 1 amide bonds. The standard InChI is InChI=1S/C13H15ClN2O5/c1-8(2)15(7-13(18)19)12(17)5-9-3-4-10(16(20)21)6-11(9)14/h3-4,6,8H,5,7H2,1-2H3,(H,18,19). The van der Waals surface area contributed by atoms with Crippen molar-refractivity contribution in [1.82, 2.24) is 4.90 Å². The molecule has 0 aliphatic heterocycles. The molecule has 1 aromatic rings. The van der Waals surface area contributed by atoms with Crippen molar-refractivity contribution in [3.8, 4) is 0 Å². The lowest BCUT2D eigenvalue weighted by Gasteiger charge is -2.25. The van der Waals surface area contributed by atoms with E-state index in [4.69, 9.17) is 16.7 Å². The number of rotatable bonds is 6. The van der Waals surface area contributed by atoms with E-state index < -0.39 is 23.3 Å². The highest BCUT2D eigenvalue weighted by atomic mass is 35.5. The SMILES string of the molecule is CC(C)N(CC(=O)O)C(=O)Cc1ccc([N+](=O)[O-])cc1Cl. The average Bonchev–Trinajstić information content (AvgIpc) is 2.37. The first-order chi connectivity index (χ1) is 9.72. The zero-order valence-corrected chi connectivity index (χ0v) is 12.3. The van der Waals surface area contributed by atoms with Crippen LogP contribution in [0, 0.1) is 10.1 Å². The molecule has 0 saturated heterocycles. The molecule has 0 atom stereocenters. The first-order valence-electron chi connectivity index (χ1n) is 6.16. The van der Waals surface area contributed by atoms with Gasteiger partial charge in [-0.05, 0) is 19.4 Å². The molecular weight excluding hydrogens is 300 g/mol. The number of nitrogens with zero attached hydrogens (tertiary/aromatic N) is 2. The van der Waals surface area contributed by atoms with Gasteiger partial charge in [-0.15, -0.1) is 0 Å². The number of non-ortho nitro benzene ring substituents is 1. The Labute approximate surface area is 126 Å². The summed E-state index contributed by atoms with van der Waals surface area (Å²) in [5.74, 6) is -1.50. The van der Waals surface area contributed by atoms with Gasteiger partial charge < -0.3 is 10.0 Å². The molecule has 114 valence electrons. The summed E-state index contributed by atoms with van der Waals surface area (Å²) in [5.41, 5.74) is 0.255. The molecule has 1 rings (SSSR count). The maximum Gasteiger partial charge on any atom is 0.323 e. The number of amides is 1. The fourth-order valence-corrected chi connectivity index (χ4v) is 2.00. The smallest absolute Gasteiger partial charge is 0.323 e. The van der Waals surface area contributed by atoms with Crippen LogP contribution in [0.2, 0.25) is 5.02 Å². The van der Waals surface area contributed by atoms with Gasteiger partial charge in [0.25, 0.3) is 5.69 Å². The average molecular weight is 315 g/mol. The first-order valence-corrected chi connectivity index (χ1v) is 6.54. The van der Waals surface area contributed by atoms with Crippen LogP contribution in [-0.2, 0) is 16.0 Å². The summed E-state index contributed by atoms with van der Waals surface area (Å²) < 4.78 is 0. The van der Waals surface area contributed by atoms with Gasteiger partial charge in [0.15, 0.2) is 0 Å². The second-order valence-corrected chi connectivity index (χ2v) is 5.13. The van der Waals surface area contributed by atoms with Crippen molar-refractivity contribution < 1.29 is 19.6 Å². The Morgan fingerprint density at radius 1 is 1.43 bits per heavy atom. The number of carbonyl (C=O) groups excluding carboxylic acids is 1. The van der Waals surface area contributed by atoms with E-state index in [0.717, 1.165) is 0 Å². The van der Waals surface area contributed by atoms with Crippen molar-refractivity contribution in [2.75, 3.05) is 6.54 Å². The number of carboxylic acid groups (broad SMARTS) is 1. The quantitative estimate of drug-likeness (QED) is 0.640. The fraction of sp³-hybridized carbons (Fsp3) is 0.385. The van der Waals surface area contributed by atoms with Crippen molar-refractivity contribution in [2.45, 2.75) is 26.3 Å². The van der Waals surface area contributed by atoms with Crippen LogP contribution in [0.3, 0.4) is 0 Å². The monoisotopic (exact) mass is 314 g/mol. The third-order valence-electron chi connectivity index (χ3n) is 2.84. The normalized spacial score (nSPS) is 10.5. The van der Waals surface area contributed by atoms with E-state index in [1.165, 1.54) is 23.1 Å².